The van der Waals surface area contributed by atoms with Crippen molar-refractivity contribution < 1.29 is 9.18 Å². The predicted octanol–water partition coefficient (Wildman–Crippen LogP) is 2.18. The average Bonchev–Trinajstić information content (AvgIpc) is 1.96. The van der Waals surface area contributed by atoms with Gasteiger partial charge in [-0.15, -0.1) is 0 Å². The number of amides is 1. The van der Waals surface area contributed by atoms with Crippen molar-refractivity contribution in [2.75, 3.05) is 0 Å². The first-order chi connectivity index (χ1) is 5.52. The van der Waals surface area contributed by atoms with Crippen molar-refractivity contribution >= 4 is 40.1 Å². The smallest absolute Gasteiger partial charge is 0.251 e. The van der Waals surface area contributed by atoms with Crippen LogP contribution in [0.25, 0.3) is 0 Å². The van der Waals surface area contributed by atoms with E-state index in [1.807, 2.05) is 22.6 Å². The molecule has 0 fully saturated rings. The molecule has 0 aliphatic carbocycles. The molecule has 0 saturated heterocycles. The summed E-state index contributed by atoms with van der Waals surface area (Å²) >= 11 is 7.40. The fourth-order valence-corrected chi connectivity index (χ4v) is 1.76. The Bertz CT molecular complexity index is 342. The maximum atomic E-state index is 13.0. The molecular formula is C7H4ClFINO. The largest absolute Gasteiger partial charge is 0.366 e. The van der Waals surface area contributed by atoms with Gasteiger partial charge < -0.3 is 5.73 Å². The summed E-state index contributed by atoms with van der Waals surface area (Å²) in [5, 5.41) is -0.0873. The number of hydrogen-bond acceptors (Lipinski definition) is 1. The summed E-state index contributed by atoms with van der Waals surface area (Å²) < 4.78 is 13.7. The highest BCUT2D eigenvalue weighted by molar-refractivity contribution is 14.1. The molecule has 64 valence electrons. The van der Waals surface area contributed by atoms with E-state index in [2.05, 4.69) is 0 Å². The van der Waals surface area contributed by atoms with Crippen LogP contribution in [-0.2, 0) is 0 Å². The standard InChI is InChI=1S/C7H4ClFINO/c8-5-2-3(10)1-4(6(5)9)7(11)12/h1-2H,(H2,11,12). The summed E-state index contributed by atoms with van der Waals surface area (Å²) in [6.07, 6.45) is 0. The van der Waals surface area contributed by atoms with Crippen LogP contribution in [0.2, 0.25) is 5.02 Å². The van der Waals surface area contributed by atoms with E-state index in [1.54, 1.807) is 0 Å². The Morgan fingerprint density at radius 2 is 2.17 bits per heavy atom. The van der Waals surface area contributed by atoms with E-state index in [0.29, 0.717) is 3.57 Å². The average molecular weight is 299 g/mol. The van der Waals surface area contributed by atoms with Gasteiger partial charge in [-0.3, -0.25) is 4.79 Å². The summed E-state index contributed by atoms with van der Waals surface area (Å²) in [5.41, 5.74) is 4.74. The van der Waals surface area contributed by atoms with Crippen molar-refractivity contribution in [1.82, 2.24) is 0 Å². The third-order valence-corrected chi connectivity index (χ3v) is 2.16. The minimum absolute atomic E-state index is 0.0873. The second-order valence-corrected chi connectivity index (χ2v) is 3.77. The van der Waals surface area contributed by atoms with Gasteiger partial charge in [0.15, 0.2) is 5.82 Å². The fraction of sp³-hybridized carbons (Fsp3) is 0. The highest BCUT2D eigenvalue weighted by Gasteiger charge is 2.12. The molecule has 1 aromatic rings. The fourth-order valence-electron chi connectivity index (χ4n) is 0.735. The molecule has 0 aliphatic heterocycles. The van der Waals surface area contributed by atoms with E-state index < -0.39 is 11.7 Å². The van der Waals surface area contributed by atoms with Gasteiger partial charge in [-0.05, 0) is 34.7 Å². The van der Waals surface area contributed by atoms with Crippen LogP contribution in [0.5, 0.6) is 0 Å². The van der Waals surface area contributed by atoms with Crippen LogP contribution >= 0.6 is 34.2 Å². The molecule has 0 unspecified atom stereocenters. The van der Waals surface area contributed by atoms with E-state index in [1.165, 1.54) is 12.1 Å². The number of nitrogens with two attached hydrogens (primary N) is 1. The zero-order valence-electron chi connectivity index (χ0n) is 5.77. The Balaban J connectivity index is 3.37. The lowest BCUT2D eigenvalue weighted by Gasteiger charge is -2.00. The zero-order chi connectivity index (χ0) is 9.30. The first-order valence-corrected chi connectivity index (χ1v) is 4.42. The first-order valence-electron chi connectivity index (χ1n) is 2.96. The van der Waals surface area contributed by atoms with E-state index in [4.69, 9.17) is 17.3 Å². The van der Waals surface area contributed by atoms with Gasteiger partial charge in [0.05, 0.1) is 10.6 Å². The van der Waals surface area contributed by atoms with Crippen LogP contribution in [0.1, 0.15) is 10.4 Å². The van der Waals surface area contributed by atoms with Crippen LogP contribution in [0, 0.1) is 9.39 Å². The minimum Gasteiger partial charge on any atom is -0.366 e. The van der Waals surface area contributed by atoms with E-state index in [-0.39, 0.29) is 10.6 Å². The van der Waals surface area contributed by atoms with Crippen molar-refractivity contribution in [3.8, 4) is 0 Å². The van der Waals surface area contributed by atoms with Crippen LogP contribution in [0.15, 0.2) is 12.1 Å². The van der Waals surface area contributed by atoms with Gasteiger partial charge in [0.1, 0.15) is 0 Å². The van der Waals surface area contributed by atoms with Crippen molar-refractivity contribution in [3.05, 3.63) is 32.1 Å². The number of hydrogen-bond donors (Lipinski definition) is 1. The SMILES string of the molecule is NC(=O)c1cc(I)cc(Cl)c1F. The summed E-state index contributed by atoms with van der Waals surface area (Å²) in [6, 6.07) is 2.77. The Morgan fingerprint density at radius 1 is 1.58 bits per heavy atom. The summed E-state index contributed by atoms with van der Waals surface area (Å²) in [6.45, 7) is 0. The Morgan fingerprint density at radius 3 is 2.67 bits per heavy atom. The lowest BCUT2D eigenvalue weighted by atomic mass is 10.2. The monoisotopic (exact) mass is 299 g/mol. The number of carbonyl (C=O) groups excluding carboxylic acids is 1. The molecule has 12 heavy (non-hydrogen) atoms. The Kier molecular flexibility index (Phi) is 2.89. The van der Waals surface area contributed by atoms with Crippen LogP contribution < -0.4 is 5.73 Å². The molecule has 2 N–H and O–H groups in total. The molecule has 5 heteroatoms. The van der Waals surface area contributed by atoms with Gasteiger partial charge in [-0.1, -0.05) is 11.6 Å². The summed E-state index contributed by atoms with van der Waals surface area (Å²) in [4.78, 5) is 10.6. The lowest BCUT2D eigenvalue weighted by Crippen LogP contribution is -2.13. The first kappa shape index (κ1) is 9.73. The maximum Gasteiger partial charge on any atom is 0.251 e. The molecule has 0 atom stereocenters. The van der Waals surface area contributed by atoms with Crippen molar-refractivity contribution in [2.45, 2.75) is 0 Å². The molecule has 0 spiro atoms. The Labute approximate surface area is 87.0 Å². The highest BCUT2D eigenvalue weighted by atomic mass is 127. The number of primary amides is 1. The minimum atomic E-state index is -0.812. The van der Waals surface area contributed by atoms with Gasteiger partial charge in [0.25, 0.3) is 5.91 Å². The van der Waals surface area contributed by atoms with Gasteiger partial charge in [0.2, 0.25) is 0 Å². The lowest BCUT2D eigenvalue weighted by molar-refractivity contribution is 0.0996. The van der Waals surface area contributed by atoms with E-state index in [9.17, 15) is 9.18 Å². The molecule has 0 aliphatic rings. The van der Waals surface area contributed by atoms with E-state index >= 15 is 0 Å². The quantitative estimate of drug-likeness (QED) is 0.627. The van der Waals surface area contributed by atoms with Gasteiger partial charge in [-0.25, -0.2) is 4.39 Å². The normalized spacial score (nSPS) is 9.92. The molecular weight excluding hydrogens is 295 g/mol. The second-order valence-electron chi connectivity index (χ2n) is 2.11. The molecule has 1 aromatic carbocycles. The molecule has 0 bridgehead atoms. The molecule has 0 radical (unpaired) electrons. The number of benzene rings is 1. The topological polar surface area (TPSA) is 43.1 Å². The van der Waals surface area contributed by atoms with Crippen LogP contribution in [-0.4, -0.2) is 5.91 Å². The number of rotatable bonds is 1. The molecule has 0 aromatic heterocycles. The van der Waals surface area contributed by atoms with Crippen molar-refractivity contribution in [3.63, 3.8) is 0 Å². The third kappa shape index (κ3) is 1.87. The molecule has 2 nitrogen and oxygen atoms in total. The van der Waals surface area contributed by atoms with Crippen LogP contribution in [0.4, 0.5) is 4.39 Å². The van der Waals surface area contributed by atoms with Crippen LogP contribution in [0.3, 0.4) is 0 Å². The van der Waals surface area contributed by atoms with Gasteiger partial charge in [-0.2, -0.15) is 0 Å². The van der Waals surface area contributed by atoms with Crippen molar-refractivity contribution in [2.24, 2.45) is 5.73 Å². The van der Waals surface area contributed by atoms with Crippen molar-refractivity contribution in [1.29, 1.82) is 0 Å². The zero-order valence-corrected chi connectivity index (χ0v) is 8.69. The third-order valence-electron chi connectivity index (χ3n) is 1.26. The summed E-state index contributed by atoms with van der Waals surface area (Å²) in [7, 11) is 0. The number of halogens is 3. The molecule has 1 rings (SSSR count). The van der Waals surface area contributed by atoms with E-state index in [0.717, 1.165) is 0 Å². The molecule has 1 amide bonds. The van der Waals surface area contributed by atoms with Gasteiger partial charge >= 0.3 is 0 Å². The maximum absolute atomic E-state index is 13.0. The number of carbonyl (C=O) groups is 1. The predicted molar refractivity (Wildman–Crippen MR) is 52.6 cm³/mol. The molecule has 0 heterocycles. The molecule has 0 saturated carbocycles. The van der Waals surface area contributed by atoms with Gasteiger partial charge in [0, 0.05) is 3.57 Å². The second kappa shape index (κ2) is 3.57. The summed E-state index contributed by atoms with van der Waals surface area (Å²) in [5.74, 6) is -1.57. The Hall–Kier alpha value is -0.360. The highest BCUT2D eigenvalue weighted by Crippen LogP contribution is 2.21.